The molecule has 0 fully saturated rings. The van der Waals surface area contributed by atoms with Crippen LogP contribution in [0.25, 0.3) is 0 Å². The van der Waals surface area contributed by atoms with Crippen molar-refractivity contribution in [3.8, 4) is 0 Å². The maximum absolute atomic E-state index is 2.49. The van der Waals surface area contributed by atoms with Crippen LogP contribution in [-0.4, -0.2) is 0 Å². The number of hydrogen-bond donors (Lipinski definition) is 0. The van der Waals surface area contributed by atoms with Gasteiger partial charge in [-0.25, -0.2) is 0 Å². The lowest BCUT2D eigenvalue weighted by atomic mass is 9.90. The molecule has 0 N–H and O–H groups in total. The van der Waals surface area contributed by atoms with E-state index in [1.807, 2.05) is 0 Å². The average Bonchev–Trinajstić information content (AvgIpc) is 2.18. The highest BCUT2D eigenvalue weighted by Crippen LogP contribution is 2.27. The molecule has 0 radical (unpaired) electrons. The lowest BCUT2D eigenvalue weighted by Crippen LogP contribution is -1.96. The van der Waals surface area contributed by atoms with E-state index in [0.29, 0.717) is 0 Å². The van der Waals surface area contributed by atoms with E-state index in [0.717, 1.165) is 0 Å². The molecule has 0 heterocycles. The highest BCUT2D eigenvalue weighted by atomic mass is 14.1. The topological polar surface area (TPSA) is 0 Å². The Bertz CT molecular complexity index is 266. The summed E-state index contributed by atoms with van der Waals surface area (Å²) in [7, 11) is 0. The van der Waals surface area contributed by atoms with Crippen molar-refractivity contribution in [2.75, 3.05) is 0 Å². The van der Waals surface area contributed by atoms with Crippen LogP contribution in [-0.2, 0) is 0 Å². The van der Waals surface area contributed by atoms with Crippen molar-refractivity contribution >= 4 is 0 Å². The molecule has 0 aromatic carbocycles. The second kappa shape index (κ2) is 5.19. The summed E-state index contributed by atoms with van der Waals surface area (Å²) in [5.41, 5.74) is 3.25. The molecule has 14 heavy (non-hydrogen) atoms. The molecule has 0 aromatic heterocycles. The van der Waals surface area contributed by atoms with Gasteiger partial charge in [-0.3, -0.25) is 0 Å². The molecule has 0 atom stereocenters. The SMILES string of the molecule is C1=CCCC(C2=CCCCCCC2)=C1. The molecular weight excluding hydrogens is 168 g/mol. The quantitative estimate of drug-likeness (QED) is 0.566. The standard InChI is InChI=1S/C14H20/c1-2-5-9-13(10-6-3-1)14-11-7-4-8-12-14/h4,7,9,11H,1-3,5-6,8,10,12H2. The molecule has 0 heteroatoms. The lowest BCUT2D eigenvalue weighted by Gasteiger charge is -2.15. The number of rotatable bonds is 1. The Labute approximate surface area is 87.4 Å². The second-order valence-electron chi connectivity index (χ2n) is 4.34. The van der Waals surface area contributed by atoms with E-state index in [4.69, 9.17) is 0 Å². The molecular formula is C14H20. The zero-order valence-corrected chi connectivity index (χ0v) is 8.97. The molecule has 0 aliphatic heterocycles. The molecule has 0 spiro atoms. The third-order valence-corrected chi connectivity index (χ3v) is 3.22. The van der Waals surface area contributed by atoms with E-state index in [1.165, 1.54) is 51.4 Å². The Morgan fingerprint density at radius 1 is 0.786 bits per heavy atom. The first kappa shape index (κ1) is 9.76. The van der Waals surface area contributed by atoms with Gasteiger partial charge in [-0.15, -0.1) is 0 Å². The van der Waals surface area contributed by atoms with Gasteiger partial charge in [-0.1, -0.05) is 37.1 Å². The largest absolute Gasteiger partial charge is 0.0842 e. The fourth-order valence-corrected chi connectivity index (χ4v) is 2.35. The molecule has 2 aliphatic carbocycles. The van der Waals surface area contributed by atoms with Crippen molar-refractivity contribution in [3.05, 3.63) is 35.5 Å². The maximum Gasteiger partial charge on any atom is -0.0241 e. The minimum atomic E-state index is 1.24. The van der Waals surface area contributed by atoms with Crippen molar-refractivity contribution < 1.29 is 0 Å². The van der Waals surface area contributed by atoms with E-state index < -0.39 is 0 Å². The van der Waals surface area contributed by atoms with Crippen molar-refractivity contribution in [2.45, 2.75) is 51.4 Å². The van der Waals surface area contributed by atoms with E-state index in [9.17, 15) is 0 Å². The third-order valence-electron chi connectivity index (χ3n) is 3.22. The van der Waals surface area contributed by atoms with Gasteiger partial charge in [0.05, 0.1) is 0 Å². The summed E-state index contributed by atoms with van der Waals surface area (Å²) < 4.78 is 0. The Balaban J connectivity index is 2.06. The summed E-state index contributed by atoms with van der Waals surface area (Å²) in [5, 5.41) is 0. The lowest BCUT2D eigenvalue weighted by molar-refractivity contribution is 0.625. The van der Waals surface area contributed by atoms with Crippen LogP contribution in [0.2, 0.25) is 0 Å². The first-order valence-corrected chi connectivity index (χ1v) is 6.02. The second-order valence-corrected chi connectivity index (χ2v) is 4.34. The average molecular weight is 188 g/mol. The fraction of sp³-hybridized carbons (Fsp3) is 0.571. The van der Waals surface area contributed by atoms with E-state index >= 15 is 0 Å². The van der Waals surface area contributed by atoms with Crippen LogP contribution in [0.5, 0.6) is 0 Å². The molecule has 0 bridgehead atoms. The third kappa shape index (κ3) is 2.60. The summed E-state index contributed by atoms with van der Waals surface area (Å²) >= 11 is 0. The Hall–Kier alpha value is -0.780. The van der Waals surface area contributed by atoms with Crippen molar-refractivity contribution in [1.29, 1.82) is 0 Å². The summed E-state index contributed by atoms with van der Waals surface area (Å²) in [5.74, 6) is 0. The molecule has 0 amide bonds. The minimum absolute atomic E-state index is 1.24. The molecule has 0 aromatic rings. The van der Waals surface area contributed by atoms with Crippen molar-refractivity contribution in [1.82, 2.24) is 0 Å². The smallest absolute Gasteiger partial charge is 0.0241 e. The van der Waals surface area contributed by atoms with Gasteiger partial charge in [-0.2, -0.15) is 0 Å². The van der Waals surface area contributed by atoms with Crippen LogP contribution in [0.1, 0.15) is 51.4 Å². The summed E-state index contributed by atoms with van der Waals surface area (Å²) in [4.78, 5) is 0. The summed E-state index contributed by atoms with van der Waals surface area (Å²) in [6.45, 7) is 0. The van der Waals surface area contributed by atoms with Crippen LogP contribution < -0.4 is 0 Å². The molecule has 2 aliphatic rings. The first-order valence-electron chi connectivity index (χ1n) is 6.02. The van der Waals surface area contributed by atoms with Gasteiger partial charge in [0, 0.05) is 0 Å². The van der Waals surface area contributed by atoms with Crippen LogP contribution in [0, 0.1) is 0 Å². The first-order chi connectivity index (χ1) is 6.97. The summed E-state index contributed by atoms with van der Waals surface area (Å²) in [6.07, 6.45) is 20.1. The van der Waals surface area contributed by atoms with Crippen LogP contribution >= 0.6 is 0 Å². The van der Waals surface area contributed by atoms with Crippen molar-refractivity contribution in [3.63, 3.8) is 0 Å². The molecule has 76 valence electrons. The Morgan fingerprint density at radius 2 is 1.71 bits per heavy atom. The number of hydrogen-bond acceptors (Lipinski definition) is 0. The molecule has 0 unspecified atom stereocenters. The van der Waals surface area contributed by atoms with E-state index in [1.54, 1.807) is 11.1 Å². The normalized spacial score (nSPS) is 23.4. The van der Waals surface area contributed by atoms with Gasteiger partial charge in [0.25, 0.3) is 0 Å². The van der Waals surface area contributed by atoms with Crippen LogP contribution in [0.3, 0.4) is 0 Å². The Morgan fingerprint density at radius 3 is 2.57 bits per heavy atom. The zero-order chi connectivity index (χ0) is 9.64. The predicted octanol–water partition coefficient (Wildman–Crippen LogP) is 4.54. The van der Waals surface area contributed by atoms with Crippen LogP contribution in [0.4, 0.5) is 0 Å². The maximum atomic E-state index is 2.49. The Kier molecular flexibility index (Phi) is 3.62. The van der Waals surface area contributed by atoms with Crippen molar-refractivity contribution in [2.24, 2.45) is 0 Å². The van der Waals surface area contributed by atoms with Gasteiger partial charge >= 0.3 is 0 Å². The van der Waals surface area contributed by atoms with E-state index in [-0.39, 0.29) is 0 Å². The van der Waals surface area contributed by atoms with E-state index in [2.05, 4.69) is 24.3 Å². The number of allylic oxidation sites excluding steroid dienone is 6. The fourth-order valence-electron chi connectivity index (χ4n) is 2.35. The van der Waals surface area contributed by atoms with Gasteiger partial charge < -0.3 is 0 Å². The summed E-state index contributed by atoms with van der Waals surface area (Å²) in [6, 6.07) is 0. The highest BCUT2D eigenvalue weighted by Gasteiger charge is 2.07. The monoisotopic (exact) mass is 188 g/mol. The van der Waals surface area contributed by atoms with Gasteiger partial charge in [0.2, 0.25) is 0 Å². The highest BCUT2D eigenvalue weighted by molar-refractivity contribution is 5.36. The zero-order valence-electron chi connectivity index (χ0n) is 8.97. The molecule has 0 saturated carbocycles. The van der Waals surface area contributed by atoms with Gasteiger partial charge in [-0.05, 0) is 49.7 Å². The minimum Gasteiger partial charge on any atom is -0.0842 e. The van der Waals surface area contributed by atoms with Gasteiger partial charge in [0.1, 0.15) is 0 Å². The molecule has 0 nitrogen and oxygen atoms in total. The predicted molar refractivity (Wildman–Crippen MR) is 62.2 cm³/mol. The molecule has 0 saturated heterocycles. The van der Waals surface area contributed by atoms with Gasteiger partial charge in [0.15, 0.2) is 0 Å². The van der Waals surface area contributed by atoms with Crippen LogP contribution in [0.15, 0.2) is 35.5 Å². The molecule has 2 rings (SSSR count).